The molecule has 2 aromatic heterocycles. The van der Waals surface area contributed by atoms with Gasteiger partial charge in [0.05, 0.1) is 23.1 Å². The van der Waals surface area contributed by atoms with Crippen LogP contribution in [-0.2, 0) is 19.7 Å². The number of piperidine rings is 1. The number of carbonyl (C=O) groups is 1. The van der Waals surface area contributed by atoms with Gasteiger partial charge in [-0.25, -0.2) is 19.2 Å². The Kier molecular flexibility index (Phi) is 8.42. The van der Waals surface area contributed by atoms with E-state index in [1.54, 1.807) is 30.3 Å². The molecule has 2 fully saturated rings. The third kappa shape index (κ3) is 6.28. The van der Waals surface area contributed by atoms with Crippen LogP contribution in [-0.4, -0.2) is 68.1 Å². The van der Waals surface area contributed by atoms with Crippen molar-refractivity contribution >= 4 is 28.6 Å². The van der Waals surface area contributed by atoms with Crippen LogP contribution in [0.2, 0.25) is 5.02 Å². The highest BCUT2D eigenvalue weighted by atomic mass is 35.5. The average molecular weight is 592 g/mol. The number of aromatic carboxylic acids is 1. The molecule has 220 valence electrons. The molecule has 0 radical (unpaired) electrons. The van der Waals surface area contributed by atoms with Crippen molar-refractivity contribution in [3.05, 3.63) is 88.1 Å². The van der Waals surface area contributed by atoms with Crippen LogP contribution in [0.1, 0.15) is 59.0 Å². The summed E-state index contributed by atoms with van der Waals surface area (Å²) in [6, 6.07) is 16.0. The summed E-state index contributed by atoms with van der Waals surface area (Å²) in [6.45, 7) is 4.49. The summed E-state index contributed by atoms with van der Waals surface area (Å²) in [7, 11) is 2.16. The molecule has 2 aromatic carbocycles. The first-order chi connectivity index (χ1) is 20.3. The van der Waals surface area contributed by atoms with Gasteiger partial charge < -0.3 is 19.3 Å². The topological polar surface area (TPSA) is 83.7 Å². The Balaban J connectivity index is 1.12. The Labute approximate surface area is 249 Å². The van der Waals surface area contributed by atoms with E-state index in [2.05, 4.69) is 21.4 Å². The monoisotopic (exact) mass is 591 g/mol. The third-order valence-corrected chi connectivity index (χ3v) is 8.88. The van der Waals surface area contributed by atoms with Gasteiger partial charge >= 0.3 is 5.97 Å². The SMILES string of the molecule is CN1CCC[C@@H]1Cn1c(CN2CCC(c3cccc(OCc4ccc(Cl)cc4F)n3)CC2)nc2ccc(C(=O)O)cc21. The molecule has 0 amide bonds. The minimum Gasteiger partial charge on any atom is -0.478 e. The number of benzene rings is 2. The zero-order valence-electron chi connectivity index (χ0n) is 23.7. The predicted molar refractivity (Wildman–Crippen MR) is 160 cm³/mol. The van der Waals surface area contributed by atoms with E-state index in [0.29, 0.717) is 35.0 Å². The molecule has 1 N–H and O–H groups in total. The second-order valence-electron chi connectivity index (χ2n) is 11.4. The van der Waals surface area contributed by atoms with Crippen molar-refractivity contribution < 1.29 is 19.0 Å². The summed E-state index contributed by atoms with van der Waals surface area (Å²) in [4.78, 5) is 26.2. The summed E-state index contributed by atoms with van der Waals surface area (Å²) >= 11 is 5.86. The first-order valence-electron chi connectivity index (χ1n) is 14.5. The fraction of sp³-hybridized carbons (Fsp3) is 0.406. The van der Waals surface area contributed by atoms with Crippen molar-refractivity contribution in [1.29, 1.82) is 0 Å². The molecule has 2 saturated heterocycles. The van der Waals surface area contributed by atoms with Gasteiger partial charge in [0, 0.05) is 40.9 Å². The van der Waals surface area contributed by atoms with Gasteiger partial charge in [0.2, 0.25) is 5.88 Å². The molecule has 0 bridgehead atoms. The number of likely N-dealkylation sites (tertiary alicyclic amines) is 2. The smallest absolute Gasteiger partial charge is 0.335 e. The lowest BCUT2D eigenvalue weighted by Crippen LogP contribution is -2.35. The highest BCUT2D eigenvalue weighted by Gasteiger charge is 2.27. The third-order valence-electron chi connectivity index (χ3n) is 8.65. The van der Waals surface area contributed by atoms with Crippen molar-refractivity contribution in [3.8, 4) is 5.88 Å². The number of carboxylic acid groups (broad SMARTS) is 1. The summed E-state index contributed by atoms with van der Waals surface area (Å²) in [6.07, 6.45) is 4.22. The molecule has 10 heteroatoms. The zero-order valence-corrected chi connectivity index (χ0v) is 24.4. The molecule has 0 spiro atoms. The molecule has 6 rings (SSSR count). The average Bonchev–Trinajstić information content (AvgIpc) is 3.55. The molecule has 4 aromatic rings. The summed E-state index contributed by atoms with van der Waals surface area (Å²) < 4.78 is 22.2. The van der Waals surface area contributed by atoms with Crippen LogP contribution < -0.4 is 4.74 Å². The van der Waals surface area contributed by atoms with Gasteiger partial charge in [-0.1, -0.05) is 23.7 Å². The fourth-order valence-corrected chi connectivity index (χ4v) is 6.33. The van der Waals surface area contributed by atoms with E-state index >= 15 is 0 Å². The molecule has 2 aliphatic rings. The van der Waals surface area contributed by atoms with Crippen molar-refractivity contribution in [3.63, 3.8) is 0 Å². The predicted octanol–water partition coefficient (Wildman–Crippen LogP) is 5.97. The fourth-order valence-electron chi connectivity index (χ4n) is 6.17. The lowest BCUT2D eigenvalue weighted by Gasteiger charge is -2.32. The lowest BCUT2D eigenvalue weighted by molar-refractivity contribution is 0.0697. The van der Waals surface area contributed by atoms with Gasteiger partial charge in [-0.2, -0.15) is 0 Å². The second-order valence-corrected chi connectivity index (χ2v) is 11.8. The van der Waals surface area contributed by atoms with Crippen molar-refractivity contribution in [1.82, 2.24) is 24.3 Å². The number of hydrogen-bond acceptors (Lipinski definition) is 6. The maximum atomic E-state index is 14.1. The summed E-state index contributed by atoms with van der Waals surface area (Å²) in [5.74, 6) is 0.453. The van der Waals surface area contributed by atoms with Gasteiger partial charge in [-0.15, -0.1) is 0 Å². The molecular weight excluding hydrogens is 557 g/mol. The quantitative estimate of drug-likeness (QED) is 0.256. The number of carboxylic acids is 1. The van der Waals surface area contributed by atoms with Crippen LogP contribution >= 0.6 is 11.6 Å². The summed E-state index contributed by atoms with van der Waals surface area (Å²) in [5, 5.41) is 9.94. The van der Waals surface area contributed by atoms with E-state index in [1.165, 1.54) is 12.5 Å². The number of aromatic nitrogens is 3. The van der Waals surface area contributed by atoms with E-state index in [0.717, 1.165) is 68.0 Å². The molecule has 1 atom stereocenters. The van der Waals surface area contributed by atoms with E-state index in [4.69, 9.17) is 26.3 Å². The Morgan fingerprint density at radius 3 is 2.64 bits per heavy atom. The number of halogens is 2. The minimum absolute atomic E-state index is 0.0868. The van der Waals surface area contributed by atoms with Crippen LogP contribution in [0.15, 0.2) is 54.6 Å². The Morgan fingerprint density at radius 1 is 1.07 bits per heavy atom. The number of hydrogen-bond donors (Lipinski definition) is 1. The van der Waals surface area contributed by atoms with Crippen LogP contribution in [0.4, 0.5) is 4.39 Å². The Bertz CT molecular complexity index is 1590. The van der Waals surface area contributed by atoms with Crippen molar-refractivity contribution in [2.24, 2.45) is 0 Å². The highest BCUT2D eigenvalue weighted by molar-refractivity contribution is 6.30. The van der Waals surface area contributed by atoms with Crippen LogP contribution in [0.3, 0.4) is 0 Å². The van der Waals surface area contributed by atoms with Gasteiger partial charge in [0.25, 0.3) is 0 Å². The molecule has 0 aliphatic carbocycles. The Morgan fingerprint density at radius 2 is 1.90 bits per heavy atom. The number of pyridine rings is 1. The van der Waals surface area contributed by atoms with E-state index < -0.39 is 11.8 Å². The van der Waals surface area contributed by atoms with Gasteiger partial charge in [-0.05, 0) is 88.8 Å². The van der Waals surface area contributed by atoms with E-state index in [9.17, 15) is 14.3 Å². The number of likely N-dealkylation sites (N-methyl/N-ethyl adjacent to an activating group) is 1. The summed E-state index contributed by atoms with van der Waals surface area (Å²) in [5.41, 5.74) is 3.43. The van der Waals surface area contributed by atoms with E-state index in [1.807, 2.05) is 18.2 Å². The number of nitrogens with zero attached hydrogens (tertiary/aromatic N) is 5. The lowest BCUT2D eigenvalue weighted by atomic mass is 9.93. The van der Waals surface area contributed by atoms with Crippen molar-refractivity contribution in [2.45, 2.75) is 57.3 Å². The van der Waals surface area contributed by atoms with Crippen LogP contribution in [0, 0.1) is 5.82 Å². The number of imidazole rings is 1. The number of fused-ring (bicyclic) bond motifs is 1. The normalized spacial score (nSPS) is 18.6. The minimum atomic E-state index is -0.925. The standard InChI is InChI=1S/C32H35ClFN5O3/c1-37-13-3-4-25(37)18-39-29-16-22(32(40)41)8-10-28(29)35-30(39)19-38-14-11-21(12-15-38)27-5-2-6-31(36-27)42-20-23-7-9-24(33)17-26(23)34/h2,5-10,16-17,21,25H,3-4,11-15,18-20H2,1H3,(H,40,41)/t25-/m1/s1. The Hall–Kier alpha value is -3.53. The number of rotatable bonds is 9. The first-order valence-corrected chi connectivity index (χ1v) is 14.9. The first kappa shape index (κ1) is 28.6. The second kappa shape index (κ2) is 12.4. The largest absolute Gasteiger partial charge is 0.478 e. The maximum absolute atomic E-state index is 14.1. The van der Waals surface area contributed by atoms with Gasteiger partial charge in [-0.3, -0.25) is 4.90 Å². The highest BCUT2D eigenvalue weighted by Crippen LogP contribution is 2.30. The molecule has 0 unspecified atom stereocenters. The molecule has 0 saturated carbocycles. The number of ether oxygens (including phenoxy) is 1. The molecule has 2 aliphatic heterocycles. The van der Waals surface area contributed by atoms with Gasteiger partial charge in [0.1, 0.15) is 18.2 Å². The molecule has 4 heterocycles. The van der Waals surface area contributed by atoms with Crippen LogP contribution in [0.25, 0.3) is 11.0 Å². The van der Waals surface area contributed by atoms with Crippen molar-refractivity contribution in [2.75, 3.05) is 26.7 Å². The van der Waals surface area contributed by atoms with E-state index in [-0.39, 0.29) is 12.2 Å². The van der Waals surface area contributed by atoms with Gasteiger partial charge in [0.15, 0.2) is 0 Å². The molecule has 42 heavy (non-hydrogen) atoms. The van der Waals surface area contributed by atoms with Crippen LogP contribution in [0.5, 0.6) is 5.88 Å². The molecule has 8 nitrogen and oxygen atoms in total. The maximum Gasteiger partial charge on any atom is 0.335 e. The zero-order chi connectivity index (χ0) is 29.2. The molecular formula is C32H35ClFN5O3.